The van der Waals surface area contributed by atoms with E-state index < -0.39 is 0 Å². The van der Waals surface area contributed by atoms with E-state index in [1.165, 1.54) is 16.8 Å². The van der Waals surface area contributed by atoms with E-state index in [0.29, 0.717) is 0 Å². The molecule has 0 saturated carbocycles. The van der Waals surface area contributed by atoms with Gasteiger partial charge in [0.2, 0.25) is 0 Å². The van der Waals surface area contributed by atoms with Crippen molar-refractivity contribution in [3.63, 3.8) is 0 Å². The molecule has 1 aliphatic heterocycles. The van der Waals surface area contributed by atoms with Crippen molar-refractivity contribution in [1.82, 2.24) is 0 Å². The Hall–Kier alpha value is -1.02. The molecule has 2 heteroatoms. The maximum absolute atomic E-state index is 5.83. The molecule has 3 N–H and O–H groups in total. The molecule has 2 nitrogen and oxygen atoms in total. The van der Waals surface area contributed by atoms with Gasteiger partial charge in [-0.1, -0.05) is 12.1 Å². The van der Waals surface area contributed by atoms with Gasteiger partial charge in [0.15, 0.2) is 0 Å². The van der Waals surface area contributed by atoms with Crippen LogP contribution in [0.4, 0.5) is 5.69 Å². The van der Waals surface area contributed by atoms with E-state index >= 15 is 0 Å². The van der Waals surface area contributed by atoms with Crippen LogP contribution in [0.2, 0.25) is 0 Å². The second-order valence-electron chi connectivity index (χ2n) is 3.51. The van der Waals surface area contributed by atoms with Crippen molar-refractivity contribution >= 4 is 5.69 Å². The number of rotatable bonds is 0. The monoisotopic (exact) mass is 162 g/mol. The Labute approximate surface area is 72.8 Å². The zero-order chi connectivity index (χ0) is 8.55. The summed E-state index contributed by atoms with van der Waals surface area (Å²) >= 11 is 0. The van der Waals surface area contributed by atoms with Crippen molar-refractivity contribution < 1.29 is 0 Å². The average Bonchev–Trinajstić information content (AvgIpc) is 2.05. The number of anilines is 1. The van der Waals surface area contributed by atoms with Gasteiger partial charge in [0.25, 0.3) is 0 Å². The van der Waals surface area contributed by atoms with Crippen LogP contribution in [0.1, 0.15) is 11.1 Å². The molecule has 0 radical (unpaired) electrons. The van der Waals surface area contributed by atoms with Crippen LogP contribution in [0, 0.1) is 6.92 Å². The molecule has 0 aliphatic carbocycles. The molecule has 1 atom stereocenters. The normalized spacial score (nSPS) is 21.3. The third kappa shape index (κ3) is 1.30. The van der Waals surface area contributed by atoms with Crippen molar-refractivity contribution in [3.8, 4) is 0 Å². The summed E-state index contributed by atoms with van der Waals surface area (Å²) in [6.45, 7) is 3.01. The van der Waals surface area contributed by atoms with E-state index in [9.17, 15) is 0 Å². The van der Waals surface area contributed by atoms with Gasteiger partial charge in [-0.25, -0.2) is 0 Å². The Kier molecular flexibility index (Phi) is 1.77. The highest BCUT2D eigenvalue weighted by Gasteiger charge is 2.13. The molecule has 64 valence electrons. The summed E-state index contributed by atoms with van der Waals surface area (Å²) in [5.41, 5.74) is 9.74. The highest BCUT2D eigenvalue weighted by atomic mass is 14.9. The molecule has 0 aromatic heterocycles. The molecule has 1 unspecified atom stereocenters. The molecule has 0 amide bonds. The molecule has 2 rings (SSSR count). The fraction of sp³-hybridized carbons (Fsp3) is 0.400. The molecule has 1 aromatic carbocycles. The van der Waals surface area contributed by atoms with Crippen molar-refractivity contribution in [2.45, 2.75) is 19.4 Å². The number of aryl methyl sites for hydroxylation is 1. The van der Waals surface area contributed by atoms with Crippen LogP contribution >= 0.6 is 0 Å². The van der Waals surface area contributed by atoms with Crippen molar-refractivity contribution in [2.24, 2.45) is 5.73 Å². The van der Waals surface area contributed by atoms with Gasteiger partial charge in [-0.2, -0.15) is 0 Å². The third-order valence-electron chi connectivity index (χ3n) is 2.30. The highest BCUT2D eigenvalue weighted by molar-refractivity contribution is 5.55. The van der Waals surface area contributed by atoms with Crippen LogP contribution in [0.5, 0.6) is 0 Å². The van der Waals surface area contributed by atoms with E-state index in [4.69, 9.17) is 5.73 Å². The van der Waals surface area contributed by atoms with Gasteiger partial charge in [0.05, 0.1) is 0 Å². The summed E-state index contributed by atoms with van der Waals surface area (Å²) in [5.74, 6) is 0. The van der Waals surface area contributed by atoms with Crippen LogP contribution in [-0.4, -0.2) is 12.6 Å². The highest BCUT2D eigenvalue weighted by Crippen LogP contribution is 2.22. The number of nitrogens with one attached hydrogen (secondary N) is 1. The SMILES string of the molecule is Cc1ccc2c(c1)NCC(N)C2. The molecule has 0 spiro atoms. The van der Waals surface area contributed by atoms with Gasteiger partial charge < -0.3 is 11.1 Å². The van der Waals surface area contributed by atoms with Gasteiger partial charge in [0.1, 0.15) is 0 Å². The fourth-order valence-corrected chi connectivity index (χ4v) is 1.63. The third-order valence-corrected chi connectivity index (χ3v) is 2.30. The summed E-state index contributed by atoms with van der Waals surface area (Å²) < 4.78 is 0. The van der Waals surface area contributed by atoms with Gasteiger partial charge >= 0.3 is 0 Å². The first-order valence-electron chi connectivity index (χ1n) is 4.34. The standard InChI is InChI=1S/C10H14N2/c1-7-2-3-8-5-9(11)6-12-10(8)4-7/h2-4,9,12H,5-6,11H2,1H3. The van der Waals surface area contributed by atoms with Gasteiger partial charge in [-0.3, -0.25) is 0 Å². The minimum absolute atomic E-state index is 0.278. The molecule has 1 aromatic rings. The van der Waals surface area contributed by atoms with Crippen LogP contribution < -0.4 is 11.1 Å². The summed E-state index contributed by atoms with van der Waals surface area (Å²) in [5, 5.41) is 3.33. The van der Waals surface area contributed by atoms with E-state index in [-0.39, 0.29) is 6.04 Å². The summed E-state index contributed by atoms with van der Waals surface area (Å²) in [4.78, 5) is 0. The maximum Gasteiger partial charge on any atom is 0.0376 e. The van der Waals surface area contributed by atoms with Crippen LogP contribution in [0.15, 0.2) is 18.2 Å². The van der Waals surface area contributed by atoms with Gasteiger partial charge in [0, 0.05) is 18.3 Å². The Morgan fingerprint density at radius 3 is 3.17 bits per heavy atom. The Balaban J connectivity index is 2.37. The first-order chi connectivity index (χ1) is 5.75. The Bertz CT molecular complexity index is 294. The molecule has 0 saturated heterocycles. The fourth-order valence-electron chi connectivity index (χ4n) is 1.63. The van der Waals surface area contributed by atoms with Crippen molar-refractivity contribution in [3.05, 3.63) is 29.3 Å². The summed E-state index contributed by atoms with van der Waals surface area (Å²) in [6.07, 6.45) is 1.00. The smallest absolute Gasteiger partial charge is 0.0376 e. The molecule has 0 fully saturated rings. The quantitative estimate of drug-likeness (QED) is 0.603. The Morgan fingerprint density at radius 2 is 2.33 bits per heavy atom. The van der Waals surface area contributed by atoms with Crippen LogP contribution in [0.3, 0.4) is 0 Å². The van der Waals surface area contributed by atoms with E-state index in [2.05, 4.69) is 30.4 Å². The van der Waals surface area contributed by atoms with Crippen molar-refractivity contribution in [2.75, 3.05) is 11.9 Å². The number of nitrogens with two attached hydrogens (primary N) is 1. The minimum atomic E-state index is 0.278. The average molecular weight is 162 g/mol. The van der Waals surface area contributed by atoms with Gasteiger partial charge in [-0.05, 0) is 30.5 Å². The number of hydrogen-bond donors (Lipinski definition) is 2. The summed E-state index contributed by atoms with van der Waals surface area (Å²) in [6, 6.07) is 6.76. The number of fused-ring (bicyclic) bond motifs is 1. The zero-order valence-electron chi connectivity index (χ0n) is 7.30. The lowest BCUT2D eigenvalue weighted by atomic mass is 9.99. The topological polar surface area (TPSA) is 38.0 Å². The molecule has 0 bridgehead atoms. The molecular formula is C10H14N2. The Morgan fingerprint density at radius 1 is 1.50 bits per heavy atom. The lowest BCUT2D eigenvalue weighted by Crippen LogP contribution is -2.35. The predicted octanol–water partition coefficient (Wildman–Crippen LogP) is 1.29. The maximum atomic E-state index is 5.83. The molecular weight excluding hydrogens is 148 g/mol. The molecule has 12 heavy (non-hydrogen) atoms. The predicted molar refractivity (Wildman–Crippen MR) is 51.3 cm³/mol. The first-order valence-corrected chi connectivity index (χ1v) is 4.34. The summed E-state index contributed by atoms with van der Waals surface area (Å²) in [7, 11) is 0. The number of hydrogen-bond acceptors (Lipinski definition) is 2. The first kappa shape index (κ1) is 7.62. The van der Waals surface area contributed by atoms with E-state index in [0.717, 1.165) is 13.0 Å². The molecule has 1 aliphatic rings. The zero-order valence-corrected chi connectivity index (χ0v) is 7.30. The van der Waals surface area contributed by atoms with Gasteiger partial charge in [-0.15, -0.1) is 0 Å². The van der Waals surface area contributed by atoms with Crippen LogP contribution in [0.25, 0.3) is 0 Å². The lowest BCUT2D eigenvalue weighted by Gasteiger charge is -2.23. The minimum Gasteiger partial charge on any atom is -0.383 e. The second-order valence-corrected chi connectivity index (χ2v) is 3.51. The van der Waals surface area contributed by atoms with Crippen LogP contribution in [-0.2, 0) is 6.42 Å². The lowest BCUT2D eigenvalue weighted by molar-refractivity contribution is 0.679. The number of benzene rings is 1. The molecule has 1 heterocycles. The largest absolute Gasteiger partial charge is 0.383 e. The van der Waals surface area contributed by atoms with Crippen molar-refractivity contribution in [1.29, 1.82) is 0 Å². The second kappa shape index (κ2) is 2.79. The van der Waals surface area contributed by atoms with E-state index in [1.807, 2.05) is 0 Å². The van der Waals surface area contributed by atoms with E-state index in [1.54, 1.807) is 0 Å².